The summed E-state index contributed by atoms with van der Waals surface area (Å²) in [4.78, 5) is 0. The van der Waals surface area contributed by atoms with Gasteiger partial charge in [-0.1, -0.05) is 49.4 Å². The van der Waals surface area contributed by atoms with Crippen LogP contribution in [0, 0.1) is 5.92 Å². The van der Waals surface area contributed by atoms with Gasteiger partial charge in [-0.05, 0) is 30.9 Å². The van der Waals surface area contributed by atoms with E-state index in [0.717, 1.165) is 10.7 Å². The molecular weight excluding hydrogens is 246 g/mol. The molecule has 1 saturated carbocycles. The van der Waals surface area contributed by atoms with E-state index in [2.05, 4.69) is 5.32 Å². The molecule has 3 heteroatoms. The van der Waals surface area contributed by atoms with Gasteiger partial charge in [-0.3, -0.25) is 0 Å². The maximum Gasteiger partial charge on any atom is 0.0637 e. The zero-order valence-electron chi connectivity index (χ0n) is 10.7. The van der Waals surface area contributed by atoms with E-state index in [1.54, 1.807) is 0 Å². The van der Waals surface area contributed by atoms with E-state index in [0.29, 0.717) is 5.92 Å². The van der Waals surface area contributed by atoms with Gasteiger partial charge in [0.15, 0.2) is 0 Å². The lowest BCUT2D eigenvalue weighted by Crippen LogP contribution is -2.32. The SMILES string of the molecule is OCC(Nc1ccccc1Cl)C1CCCCCC1. The first-order valence-electron chi connectivity index (χ1n) is 6.93. The van der Waals surface area contributed by atoms with Crippen molar-refractivity contribution >= 4 is 17.3 Å². The van der Waals surface area contributed by atoms with Crippen LogP contribution in [-0.2, 0) is 0 Å². The molecule has 1 fully saturated rings. The summed E-state index contributed by atoms with van der Waals surface area (Å²) in [6.45, 7) is 0.176. The Kier molecular flexibility index (Phi) is 5.33. The zero-order chi connectivity index (χ0) is 12.8. The summed E-state index contributed by atoms with van der Waals surface area (Å²) >= 11 is 6.15. The lowest BCUT2D eigenvalue weighted by atomic mass is 9.92. The van der Waals surface area contributed by atoms with Crippen LogP contribution in [0.4, 0.5) is 5.69 Å². The predicted octanol–water partition coefficient (Wildman–Crippen LogP) is 4.08. The van der Waals surface area contributed by atoms with E-state index in [1.807, 2.05) is 24.3 Å². The van der Waals surface area contributed by atoms with Crippen molar-refractivity contribution in [2.75, 3.05) is 11.9 Å². The third-order valence-corrected chi connectivity index (χ3v) is 4.21. The number of hydrogen-bond donors (Lipinski definition) is 2. The van der Waals surface area contributed by atoms with Crippen LogP contribution in [0.2, 0.25) is 5.02 Å². The Morgan fingerprint density at radius 1 is 1.17 bits per heavy atom. The summed E-state index contributed by atoms with van der Waals surface area (Å²) in [5.41, 5.74) is 0.933. The van der Waals surface area contributed by atoms with Crippen LogP contribution in [0.3, 0.4) is 0 Å². The first-order valence-corrected chi connectivity index (χ1v) is 7.31. The lowest BCUT2D eigenvalue weighted by Gasteiger charge is -2.26. The average molecular weight is 268 g/mol. The Bertz CT molecular complexity index is 361. The van der Waals surface area contributed by atoms with Crippen molar-refractivity contribution in [2.24, 2.45) is 5.92 Å². The number of rotatable bonds is 4. The standard InChI is InChI=1S/C15H22ClNO/c16-13-9-5-6-10-14(13)17-15(11-18)12-7-3-1-2-4-8-12/h5-6,9-10,12,15,17-18H,1-4,7-8,11H2. The Morgan fingerprint density at radius 2 is 1.83 bits per heavy atom. The van der Waals surface area contributed by atoms with Crippen molar-refractivity contribution in [2.45, 2.75) is 44.6 Å². The lowest BCUT2D eigenvalue weighted by molar-refractivity contribution is 0.227. The molecule has 0 spiro atoms. The molecule has 0 amide bonds. The highest BCUT2D eigenvalue weighted by Crippen LogP contribution is 2.29. The highest BCUT2D eigenvalue weighted by Gasteiger charge is 2.22. The van der Waals surface area contributed by atoms with Crippen molar-refractivity contribution in [3.05, 3.63) is 29.3 Å². The third kappa shape index (κ3) is 3.63. The minimum absolute atomic E-state index is 0.128. The number of halogens is 1. The molecular formula is C15H22ClNO. The van der Waals surface area contributed by atoms with E-state index in [1.165, 1.54) is 38.5 Å². The van der Waals surface area contributed by atoms with Crippen LogP contribution < -0.4 is 5.32 Å². The Labute approximate surface area is 114 Å². The fraction of sp³-hybridized carbons (Fsp3) is 0.600. The molecule has 1 aliphatic carbocycles. The van der Waals surface area contributed by atoms with E-state index in [4.69, 9.17) is 11.6 Å². The van der Waals surface area contributed by atoms with E-state index in [9.17, 15) is 5.11 Å². The van der Waals surface area contributed by atoms with Crippen LogP contribution in [0.25, 0.3) is 0 Å². The molecule has 1 unspecified atom stereocenters. The smallest absolute Gasteiger partial charge is 0.0637 e. The van der Waals surface area contributed by atoms with E-state index < -0.39 is 0 Å². The second-order valence-electron chi connectivity index (χ2n) is 5.16. The molecule has 1 aromatic carbocycles. The summed E-state index contributed by atoms with van der Waals surface area (Å²) in [6.07, 6.45) is 7.66. The quantitative estimate of drug-likeness (QED) is 0.806. The largest absolute Gasteiger partial charge is 0.394 e. The van der Waals surface area contributed by atoms with Gasteiger partial charge in [0.1, 0.15) is 0 Å². The Morgan fingerprint density at radius 3 is 2.44 bits per heavy atom. The molecule has 1 aromatic rings. The highest BCUT2D eigenvalue weighted by molar-refractivity contribution is 6.33. The van der Waals surface area contributed by atoms with Crippen molar-refractivity contribution in [1.29, 1.82) is 0 Å². The second-order valence-corrected chi connectivity index (χ2v) is 5.57. The zero-order valence-corrected chi connectivity index (χ0v) is 11.5. The summed E-state index contributed by atoms with van der Waals surface area (Å²) in [5.74, 6) is 0.564. The number of aliphatic hydroxyl groups is 1. The van der Waals surface area contributed by atoms with Crippen molar-refractivity contribution in [1.82, 2.24) is 0 Å². The van der Waals surface area contributed by atoms with Gasteiger partial charge in [-0.25, -0.2) is 0 Å². The van der Waals surface area contributed by atoms with Crippen LogP contribution in [0.1, 0.15) is 38.5 Å². The number of hydrogen-bond acceptors (Lipinski definition) is 2. The number of benzene rings is 1. The van der Waals surface area contributed by atoms with Crippen LogP contribution >= 0.6 is 11.6 Å². The van der Waals surface area contributed by atoms with Crippen LogP contribution in [0.15, 0.2) is 24.3 Å². The molecule has 2 N–H and O–H groups in total. The number of aliphatic hydroxyl groups excluding tert-OH is 1. The molecule has 2 rings (SSSR count). The minimum Gasteiger partial charge on any atom is -0.394 e. The van der Waals surface area contributed by atoms with Gasteiger partial charge in [0.25, 0.3) is 0 Å². The number of para-hydroxylation sites is 1. The van der Waals surface area contributed by atoms with Gasteiger partial charge < -0.3 is 10.4 Å². The molecule has 1 atom stereocenters. The first-order chi connectivity index (χ1) is 8.81. The number of anilines is 1. The molecule has 0 bridgehead atoms. The summed E-state index contributed by atoms with van der Waals surface area (Å²) in [7, 11) is 0. The average Bonchev–Trinajstić information content (AvgIpc) is 2.67. The molecule has 0 heterocycles. The number of nitrogens with one attached hydrogen (secondary N) is 1. The van der Waals surface area contributed by atoms with Gasteiger partial charge in [0.2, 0.25) is 0 Å². The normalized spacial score (nSPS) is 19.2. The molecule has 18 heavy (non-hydrogen) atoms. The molecule has 0 aliphatic heterocycles. The molecule has 100 valence electrons. The van der Waals surface area contributed by atoms with Gasteiger partial charge in [-0.2, -0.15) is 0 Å². The van der Waals surface area contributed by atoms with E-state index >= 15 is 0 Å². The van der Waals surface area contributed by atoms with Crippen molar-refractivity contribution in [3.8, 4) is 0 Å². The Hall–Kier alpha value is -0.730. The molecule has 0 aromatic heterocycles. The van der Waals surface area contributed by atoms with Gasteiger partial charge >= 0.3 is 0 Å². The Balaban J connectivity index is 2.02. The van der Waals surface area contributed by atoms with Crippen LogP contribution in [-0.4, -0.2) is 17.8 Å². The summed E-state index contributed by atoms with van der Waals surface area (Å²) < 4.78 is 0. The minimum atomic E-state index is 0.128. The fourth-order valence-electron chi connectivity index (χ4n) is 2.80. The first kappa shape index (κ1) is 13.7. The molecule has 2 nitrogen and oxygen atoms in total. The fourth-order valence-corrected chi connectivity index (χ4v) is 2.99. The van der Waals surface area contributed by atoms with Gasteiger partial charge in [-0.15, -0.1) is 0 Å². The maximum atomic E-state index is 9.62. The maximum absolute atomic E-state index is 9.62. The molecule has 1 aliphatic rings. The monoisotopic (exact) mass is 267 g/mol. The summed E-state index contributed by atoms with van der Waals surface area (Å²) in [5, 5.41) is 13.8. The predicted molar refractivity (Wildman–Crippen MR) is 77.1 cm³/mol. The van der Waals surface area contributed by atoms with Crippen molar-refractivity contribution < 1.29 is 5.11 Å². The second kappa shape index (κ2) is 7.01. The van der Waals surface area contributed by atoms with Gasteiger partial charge in [0, 0.05) is 0 Å². The van der Waals surface area contributed by atoms with Gasteiger partial charge in [0.05, 0.1) is 23.4 Å². The topological polar surface area (TPSA) is 32.3 Å². The van der Waals surface area contributed by atoms with E-state index in [-0.39, 0.29) is 12.6 Å². The highest BCUT2D eigenvalue weighted by atomic mass is 35.5. The summed E-state index contributed by atoms with van der Waals surface area (Å²) in [6, 6.07) is 7.87. The van der Waals surface area contributed by atoms with Crippen molar-refractivity contribution in [3.63, 3.8) is 0 Å². The third-order valence-electron chi connectivity index (χ3n) is 3.88. The van der Waals surface area contributed by atoms with Crippen LogP contribution in [0.5, 0.6) is 0 Å². The molecule has 0 saturated heterocycles. The molecule has 0 radical (unpaired) electrons.